The first-order valence-corrected chi connectivity index (χ1v) is 11.8. The van der Waals surface area contributed by atoms with Crippen molar-refractivity contribution in [2.45, 2.75) is 50.0 Å². The Morgan fingerprint density at radius 2 is 1.59 bits per heavy atom. The lowest BCUT2D eigenvalue weighted by Crippen LogP contribution is -2.52. The quantitative estimate of drug-likeness (QED) is 0.505. The second-order valence-electron chi connectivity index (χ2n) is 9.01. The molecule has 2 aromatic carbocycles. The van der Waals surface area contributed by atoms with E-state index in [-0.39, 0.29) is 31.4 Å². The van der Waals surface area contributed by atoms with Gasteiger partial charge in [0.25, 0.3) is 0 Å². The molecule has 34 heavy (non-hydrogen) atoms. The number of carboxylic acid groups (broad SMARTS) is 1. The van der Waals surface area contributed by atoms with Crippen LogP contribution in [0.3, 0.4) is 0 Å². The number of alkyl carbamates (subject to hydrolysis) is 1. The Labute approximate surface area is 199 Å². The number of nitrogens with one attached hydrogen (secondary N) is 2. The molecule has 0 aromatic heterocycles. The van der Waals surface area contributed by atoms with Crippen LogP contribution in [0.5, 0.6) is 0 Å². The predicted molar refractivity (Wildman–Crippen MR) is 128 cm³/mol. The van der Waals surface area contributed by atoms with Crippen LogP contribution in [0.15, 0.2) is 60.7 Å². The molecule has 2 aliphatic carbocycles. The van der Waals surface area contributed by atoms with E-state index in [0.29, 0.717) is 12.8 Å². The van der Waals surface area contributed by atoms with Crippen LogP contribution in [-0.4, -0.2) is 41.8 Å². The van der Waals surface area contributed by atoms with Gasteiger partial charge < -0.3 is 20.5 Å². The summed E-state index contributed by atoms with van der Waals surface area (Å²) in [4.78, 5) is 35.9. The number of carbonyl (C=O) groups is 3. The standard InChI is InChI=1S/C27H30N2O5/c30-24(28-16-8-13-25(31)32)17-27(14-6-1-7-15-27)29-26(33)34-18-23-21-11-4-2-9-19(21)20-10-3-5-12-22(20)23/h2-5,8-13,23H,1,6-7,14-18H2,(H,28,30)(H,29,33)(H,31,32)/b13-8+. The minimum atomic E-state index is -1.06. The Kier molecular flexibility index (Phi) is 7.30. The molecule has 3 N–H and O–H groups in total. The number of hydrogen-bond donors (Lipinski definition) is 3. The highest BCUT2D eigenvalue weighted by molar-refractivity contribution is 5.81. The summed E-state index contributed by atoms with van der Waals surface area (Å²) in [6.07, 6.45) is 6.33. The molecular weight excluding hydrogens is 432 g/mol. The minimum Gasteiger partial charge on any atom is -0.478 e. The monoisotopic (exact) mass is 462 g/mol. The molecule has 2 aromatic rings. The van der Waals surface area contributed by atoms with Crippen LogP contribution in [-0.2, 0) is 14.3 Å². The van der Waals surface area contributed by atoms with Crippen molar-refractivity contribution in [1.82, 2.24) is 10.6 Å². The number of fused-ring (bicyclic) bond motifs is 3. The van der Waals surface area contributed by atoms with Gasteiger partial charge in [-0.25, -0.2) is 9.59 Å². The third kappa shape index (κ3) is 5.47. The van der Waals surface area contributed by atoms with Gasteiger partial charge >= 0.3 is 12.1 Å². The third-order valence-corrected chi connectivity index (χ3v) is 6.70. The van der Waals surface area contributed by atoms with Crippen molar-refractivity contribution in [3.63, 3.8) is 0 Å². The fourth-order valence-corrected chi connectivity index (χ4v) is 5.13. The summed E-state index contributed by atoms with van der Waals surface area (Å²) in [5.41, 5.74) is 3.99. The van der Waals surface area contributed by atoms with Crippen LogP contribution in [0.4, 0.5) is 4.79 Å². The molecule has 1 saturated carbocycles. The lowest BCUT2D eigenvalue weighted by molar-refractivity contribution is -0.131. The van der Waals surface area contributed by atoms with Crippen molar-refractivity contribution in [2.24, 2.45) is 0 Å². The van der Waals surface area contributed by atoms with Crippen molar-refractivity contribution < 1.29 is 24.2 Å². The molecule has 0 spiro atoms. The first-order valence-electron chi connectivity index (χ1n) is 11.8. The summed E-state index contributed by atoms with van der Waals surface area (Å²) in [6, 6.07) is 16.4. The predicted octanol–water partition coefficient (Wildman–Crippen LogP) is 4.38. The van der Waals surface area contributed by atoms with Crippen LogP contribution in [0.2, 0.25) is 0 Å². The maximum Gasteiger partial charge on any atom is 0.407 e. The van der Waals surface area contributed by atoms with Gasteiger partial charge in [0.05, 0.1) is 5.54 Å². The molecule has 0 radical (unpaired) electrons. The number of amides is 2. The summed E-state index contributed by atoms with van der Waals surface area (Å²) < 4.78 is 5.72. The first kappa shape index (κ1) is 23.5. The Morgan fingerprint density at radius 1 is 0.971 bits per heavy atom. The zero-order chi connectivity index (χ0) is 24.0. The zero-order valence-corrected chi connectivity index (χ0v) is 19.1. The number of carbonyl (C=O) groups excluding carboxylic acids is 2. The number of ether oxygens (including phenoxy) is 1. The van der Waals surface area contributed by atoms with E-state index in [1.54, 1.807) is 0 Å². The van der Waals surface area contributed by atoms with E-state index in [1.165, 1.54) is 17.2 Å². The van der Waals surface area contributed by atoms with Gasteiger partial charge in [0.1, 0.15) is 6.61 Å². The fraction of sp³-hybridized carbons (Fsp3) is 0.370. The Morgan fingerprint density at radius 3 is 2.21 bits per heavy atom. The van der Waals surface area contributed by atoms with Crippen molar-refractivity contribution >= 4 is 18.0 Å². The molecule has 7 heteroatoms. The van der Waals surface area contributed by atoms with E-state index in [0.717, 1.165) is 36.5 Å². The van der Waals surface area contributed by atoms with Gasteiger partial charge in [0.15, 0.2) is 0 Å². The number of carboxylic acids is 1. The molecule has 0 unspecified atom stereocenters. The molecule has 2 aliphatic rings. The normalized spacial score (nSPS) is 16.5. The van der Waals surface area contributed by atoms with E-state index >= 15 is 0 Å². The van der Waals surface area contributed by atoms with Crippen LogP contribution < -0.4 is 10.6 Å². The van der Waals surface area contributed by atoms with Crippen molar-refractivity contribution in [1.29, 1.82) is 0 Å². The number of benzene rings is 2. The highest BCUT2D eigenvalue weighted by atomic mass is 16.5. The second kappa shape index (κ2) is 10.5. The zero-order valence-electron chi connectivity index (χ0n) is 19.1. The summed E-state index contributed by atoms with van der Waals surface area (Å²) in [7, 11) is 0. The highest BCUT2D eigenvalue weighted by Crippen LogP contribution is 2.44. The molecule has 0 atom stereocenters. The Balaban J connectivity index is 1.38. The largest absolute Gasteiger partial charge is 0.478 e. The SMILES string of the molecule is O=C(O)/C=C/CNC(=O)CC1(NC(=O)OCC2c3ccccc3-c3ccccc32)CCCCC1. The van der Waals surface area contributed by atoms with Gasteiger partial charge in [-0.1, -0.05) is 73.9 Å². The maximum absolute atomic E-state index is 12.9. The molecule has 178 valence electrons. The average molecular weight is 463 g/mol. The van der Waals surface area contributed by atoms with E-state index in [2.05, 4.69) is 34.9 Å². The Hall–Kier alpha value is -3.61. The molecule has 7 nitrogen and oxygen atoms in total. The number of hydrogen-bond acceptors (Lipinski definition) is 4. The Bertz CT molecular complexity index is 1040. The van der Waals surface area contributed by atoms with Gasteiger partial charge in [-0.05, 0) is 35.1 Å². The van der Waals surface area contributed by atoms with E-state index in [9.17, 15) is 14.4 Å². The maximum atomic E-state index is 12.9. The molecule has 2 amide bonds. The summed E-state index contributed by atoms with van der Waals surface area (Å²) >= 11 is 0. The van der Waals surface area contributed by atoms with Gasteiger partial charge in [-0.3, -0.25) is 4.79 Å². The third-order valence-electron chi connectivity index (χ3n) is 6.70. The molecule has 0 saturated heterocycles. The summed E-state index contributed by atoms with van der Waals surface area (Å²) in [6.45, 7) is 0.355. The molecule has 1 fully saturated rings. The van der Waals surface area contributed by atoms with Crippen LogP contribution in [0.25, 0.3) is 11.1 Å². The topological polar surface area (TPSA) is 105 Å². The van der Waals surface area contributed by atoms with Gasteiger partial charge in [0.2, 0.25) is 5.91 Å². The van der Waals surface area contributed by atoms with Gasteiger partial charge in [0, 0.05) is 25.0 Å². The lowest BCUT2D eigenvalue weighted by atomic mass is 9.79. The molecule has 0 aliphatic heterocycles. The van der Waals surface area contributed by atoms with E-state index in [4.69, 9.17) is 9.84 Å². The first-order chi connectivity index (χ1) is 16.5. The van der Waals surface area contributed by atoms with Crippen molar-refractivity contribution in [2.75, 3.05) is 13.2 Å². The smallest absolute Gasteiger partial charge is 0.407 e. The van der Waals surface area contributed by atoms with E-state index < -0.39 is 17.6 Å². The molecule has 4 rings (SSSR count). The molecular formula is C27H30N2O5. The molecule has 0 heterocycles. The summed E-state index contributed by atoms with van der Waals surface area (Å²) in [5, 5.41) is 14.4. The van der Waals surface area contributed by atoms with Crippen molar-refractivity contribution in [3.8, 4) is 11.1 Å². The van der Waals surface area contributed by atoms with Crippen LogP contribution in [0.1, 0.15) is 55.6 Å². The van der Waals surface area contributed by atoms with Crippen molar-refractivity contribution in [3.05, 3.63) is 71.8 Å². The minimum absolute atomic E-state index is 0.0234. The van der Waals surface area contributed by atoms with Gasteiger partial charge in [-0.2, -0.15) is 0 Å². The summed E-state index contributed by atoms with van der Waals surface area (Å²) in [5.74, 6) is -1.31. The fourth-order valence-electron chi connectivity index (χ4n) is 5.13. The van der Waals surface area contributed by atoms with Gasteiger partial charge in [-0.15, -0.1) is 0 Å². The van der Waals surface area contributed by atoms with Crippen LogP contribution in [0, 0.1) is 0 Å². The second-order valence-corrected chi connectivity index (χ2v) is 9.01. The number of aliphatic carboxylic acids is 1. The lowest BCUT2D eigenvalue weighted by Gasteiger charge is -2.37. The van der Waals surface area contributed by atoms with Crippen LogP contribution >= 0.6 is 0 Å². The van der Waals surface area contributed by atoms with E-state index in [1.807, 2.05) is 24.3 Å². The average Bonchev–Trinajstić information content (AvgIpc) is 3.14. The highest BCUT2D eigenvalue weighted by Gasteiger charge is 2.37. The molecule has 0 bridgehead atoms. The number of rotatable bonds is 8.